The highest BCUT2D eigenvalue weighted by atomic mass is 79.9. The number of sulfonamides is 1. The van der Waals surface area contributed by atoms with Crippen LogP contribution in [0.3, 0.4) is 0 Å². The van der Waals surface area contributed by atoms with Gasteiger partial charge in [0.05, 0.1) is 4.90 Å². The molecule has 2 saturated heterocycles. The Morgan fingerprint density at radius 1 is 1.30 bits per heavy atom. The zero-order chi connectivity index (χ0) is 14.3. The van der Waals surface area contributed by atoms with E-state index in [0.717, 1.165) is 32.4 Å². The summed E-state index contributed by atoms with van der Waals surface area (Å²) < 4.78 is 28.4. The molecular formula is C13H18BrN3O2S. The van der Waals surface area contributed by atoms with Gasteiger partial charge in [0.2, 0.25) is 10.0 Å². The molecule has 2 aliphatic heterocycles. The Morgan fingerprint density at radius 2 is 2.10 bits per heavy atom. The van der Waals surface area contributed by atoms with Crippen LogP contribution < -0.4 is 10.5 Å². The van der Waals surface area contributed by atoms with Gasteiger partial charge in [0.15, 0.2) is 0 Å². The normalized spacial score (nSPS) is 26.9. The number of hydrogen-bond acceptors (Lipinski definition) is 4. The standard InChI is InChI=1S/C13H18BrN3O2S/c14-10-8-9(15)3-4-13(10)20(18,19)16-11-5-7-17-6-1-2-12(11)17/h3-4,8,11-12,16H,1-2,5-7,15H2. The van der Waals surface area contributed by atoms with E-state index in [1.54, 1.807) is 18.2 Å². The molecule has 20 heavy (non-hydrogen) atoms. The third-order valence-electron chi connectivity index (χ3n) is 4.16. The topological polar surface area (TPSA) is 75.4 Å². The van der Waals surface area contributed by atoms with E-state index in [1.807, 2.05) is 0 Å². The highest BCUT2D eigenvalue weighted by molar-refractivity contribution is 9.10. The minimum absolute atomic E-state index is 0.0203. The molecule has 2 heterocycles. The van der Waals surface area contributed by atoms with Gasteiger partial charge in [-0.15, -0.1) is 0 Å². The van der Waals surface area contributed by atoms with Crippen molar-refractivity contribution in [2.24, 2.45) is 0 Å². The summed E-state index contributed by atoms with van der Waals surface area (Å²) in [6.45, 7) is 2.08. The van der Waals surface area contributed by atoms with Gasteiger partial charge in [-0.25, -0.2) is 13.1 Å². The third-order valence-corrected chi connectivity index (χ3v) is 6.62. The molecule has 2 unspecified atom stereocenters. The number of anilines is 1. The Morgan fingerprint density at radius 3 is 2.85 bits per heavy atom. The quantitative estimate of drug-likeness (QED) is 0.802. The highest BCUT2D eigenvalue weighted by Gasteiger charge is 2.39. The fourth-order valence-corrected chi connectivity index (χ4v) is 5.62. The molecule has 5 nitrogen and oxygen atoms in total. The maximum Gasteiger partial charge on any atom is 0.241 e. The van der Waals surface area contributed by atoms with E-state index < -0.39 is 10.0 Å². The molecule has 0 saturated carbocycles. The minimum Gasteiger partial charge on any atom is -0.399 e. The van der Waals surface area contributed by atoms with Crippen molar-refractivity contribution in [3.05, 3.63) is 22.7 Å². The van der Waals surface area contributed by atoms with Crippen LogP contribution in [-0.2, 0) is 10.0 Å². The van der Waals surface area contributed by atoms with Crippen molar-refractivity contribution in [2.45, 2.75) is 36.2 Å². The lowest BCUT2D eigenvalue weighted by molar-refractivity contribution is 0.309. The largest absolute Gasteiger partial charge is 0.399 e. The van der Waals surface area contributed by atoms with Crippen LogP contribution in [-0.4, -0.2) is 38.5 Å². The zero-order valence-corrected chi connectivity index (χ0v) is 13.5. The molecule has 2 atom stereocenters. The summed E-state index contributed by atoms with van der Waals surface area (Å²) in [5.41, 5.74) is 6.19. The van der Waals surface area contributed by atoms with Crippen LogP contribution in [0, 0.1) is 0 Å². The molecule has 110 valence electrons. The lowest BCUT2D eigenvalue weighted by Gasteiger charge is -2.21. The summed E-state index contributed by atoms with van der Waals surface area (Å²) >= 11 is 3.28. The second-order valence-electron chi connectivity index (χ2n) is 5.45. The first-order valence-electron chi connectivity index (χ1n) is 6.79. The number of nitrogens with zero attached hydrogens (tertiary/aromatic N) is 1. The van der Waals surface area contributed by atoms with Crippen LogP contribution in [0.2, 0.25) is 0 Å². The molecule has 2 aliphatic rings. The predicted molar refractivity (Wildman–Crippen MR) is 81.9 cm³/mol. The van der Waals surface area contributed by atoms with Crippen LogP contribution in [0.1, 0.15) is 19.3 Å². The summed E-state index contributed by atoms with van der Waals surface area (Å²) in [5.74, 6) is 0. The summed E-state index contributed by atoms with van der Waals surface area (Å²) in [7, 11) is -3.51. The third kappa shape index (κ3) is 2.59. The molecule has 1 aromatic rings. The van der Waals surface area contributed by atoms with E-state index in [2.05, 4.69) is 25.6 Å². The maximum atomic E-state index is 12.5. The van der Waals surface area contributed by atoms with E-state index in [0.29, 0.717) is 16.2 Å². The molecule has 0 radical (unpaired) electrons. The molecule has 0 spiro atoms. The Balaban J connectivity index is 1.82. The summed E-state index contributed by atoms with van der Waals surface area (Å²) in [4.78, 5) is 2.63. The summed E-state index contributed by atoms with van der Waals surface area (Å²) in [5, 5.41) is 0. The SMILES string of the molecule is Nc1ccc(S(=O)(=O)NC2CCN3CCCC23)c(Br)c1. The van der Waals surface area contributed by atoms with E-state index in [9.17, 15) is 8.42 Å². The van der Waals surface area contributed by atoms with Crippen molar-refractivity contribution >= 4 is 31.6 Å². The second-order valence-corrected chi connectivity index (χ2v) is 7.99. The average Bonchev–Trinajstić information content (AvgIpc) is 2.93. The Bertz CT molecular complexity index is 620. The smallest absolute Gasteiger partial charge is 0.241 e. The highest BCUT2D eigenvalue weighted by Crippen LogP contribution is 2.30. The fraction of sp³-hybridized carbons (Fsp3) is 0.538. The fourth-order valence-electron chi connectivity index (χ4n) is 3.22. The van der Waals surface area contributed by atoms with E-state index >= 15 is 0 Å². The molecule has 0 bridgehead atoms. The number of nitrogen functional groups attached to an aromatic ring is 1. The minimum atomic E-state index is -3.51. The number of nitrogens with one attached hydrogen (secondary N) is 1. The van der Waals surface area contributed by atoms with Gasteiger partial charge in [-0.05, 0) is 59.9 Å². The average molecular weight is 360 g/mol. The molecule has 0 aromatic heterocycles. The van der Waals surface area contributed by atoms with Gasteiger partial charge in [0, 0.05) is 28.8 Å². The number of rotatable bonds is 3. The van der Waals surface area contributed by atoms with Gasteiger partial charge in [-0.1, -0.05) is 0 Å². The molecule has 2 fully saturated rings. The van der Waals surface area contributed by atoms with Crippen LogP contribution in [0.15, 0.2) is 27.6 Å². The van der Waals surface area contributed by atoms with Crippen molar-refractivity contribution in [1.29, 1.82) is 0 Å². The second kappa shape index (κ2) is 5.29. The zero-order valence-electron chi connectivity index (χ0n) is 11.0. The van der Waals surface area contributed by atoms with Crippen molar-refractivity contribution in [3.63, 3.8) is 0 Å². The lowest BCUT2D eigenvalue weighted by Crippen LogP contribution is -2.42. The number of fused-ring (bicyclic) bond motifs is 1. The maximum absolute atomic E-state index is 12.5. The van der Waals surface area contributed by atoms with Crippen LogP contribution in [0.5, 0.6) is 0 Å². The van der Waals surface area contributed by atoms with E-state index in [-0.39, 0.29) is 10.9 Å². The van der Waals surface area contributed by atoms with Crippen molar-refractivity contribution in [3.8, 4) is 0 Å². The molecule has 1 aromatic carbocycles. The van der Waals surface area contributed by atoms with Gasteiger partial charge in [-0.2, -0.15) is 0 Å². The molecular weight excluding hydrogens is 342 g/mol. The molecule has 3 rings (SSSR count). The predicted octanol–water partition coefficient (Wildman–Crippen LogP) is 1.55. The van der Waals surface area contributed by atoms with Gasteiger partial charge in [0.1, 0.15) is 0 Å². The number of nitrogens with two attached hydrogens (primary N) is 1. The Hall–Kier alpha value is -0.630. The first kappa shape index (κ1) is 14.3. The van der Waals surface area contributed by atoms with Gasteiger partial charge in [0.25, 0.3) is 0 Å². The van der Waals surface area contributed by atoms with E-state index in [4.69, 9.17) is 5.73 Å². The first-order chi connectivity index (χ1) is 9.47. The van der Waals surface area contributed by atoms with Gasteiger partial charge in [-0.3, -0.25) is 4.90 Å². The van der Waals surface area contributed by atoms with Crippen LogP contribution in [0.4, 0.5) is 5.69 Å². The summed E-state index contributed by atoms with van der Waals surface area (Å²) in [6, 6.07) is 5.15. The molecule has 7 heteroatoms. The number of hydrogen-bond donors (Lipinski definition) is 2. The lowest BCUT2D eigenvalue weighted by atomic mass is 10.1. The number of halogens is 1. The van der Waals surface area contributed by atoms with Crippen molar-refractivity contribution in [2.75, 3.05) is 18.8 Å². The molecule has 0 aliphatic carbocycles. The Labute approximate surface area is 127 Å². The van der Waals surface area contributed by atoms with Gasteiger partial charge >= 0.3 is 0 Å². The first-order valence-corrected chi connectivity index (χ1v) is 9.06. The van der Waals surface area contributed by atoms with Crippen molar-refractivity contribution in [1.82, 2.24) is 9.62 Å². The van der Waals surface area contributed by atoms with Crippen LogP contribution >= 0.6 is 15.9 Å². The summed E-state index contributed by atoms with van der Waals surface area (Å²) in [6.07, 6.45) is 3.13. The monoisotopic (exact) mass is 359 g/mol. The van der Waals surface area contributed by atoms with E-state index in [1.165, 1.54) is 0 Å². The number of benzene rings is 1. The van der Waals surface area contributed by atoms with Crippen molar-refractivity contribution < 1.29 is 8.42 Å². The van der Waals surface area contributed by atoms with Crippen LogP contribution in [0.25, 0.3) is 0 Å². The molecule has 0 amide bonds. The Kier molecular flexibility index (Phi) is 3.79. The molecule has 3 N–H and O–H groups in total. The van der Waals surface area contributed by atoms with Gasteiger partial charge < -0.3 is 5.73 Å².